The van der Waals surface area contributed by atoms with Crippen LogP contribution in [0.2, 0.25) is 0 Å². The Morgan fingerprint density at radius 2 is 1.66 bits per heavy atom. The molecular weight excluding hydrogens is 478 g/mol. The second-order valence-corrected chi connectivity index (χ2v) is 10.7. The van der Waals surface area contributed by atoms with Crippen LogP contribution in [-0.4, -0.2) is 29.3 Å². The van der Waals surface area contributed by atoms with E-state index in [1.165, 1.54) is 5.56 Å². The largest absolute Gasteiger partial charge is 0.351 e. The lowest BCUT2D eigenvalue weighted by Gasteiger charge is -2.29. The molecule has 0 spiro atoms. The number of aromatic nitrogens is 2. The number of nitrogens with zero attached hydrogens (tertiary/aromatic N) is 3. The zero-order valence-electron chi connectivity index (χ0n) is 19.3. The first kappa shape index (κ1) is 23.1. The number of hydrogen-bond donors (Lipinski definition) is 2. The van der Waals surface area contributed by atoms with Crippen LogP contribution in [0.15, 0.2) is 91.3 Å². The van der Waals surface area contributed by atoms with E-state index in [2.05, 4.69) is 61.7 Å². The first-order chi connectivity index (χ1) is 16.8. The average molecular weight is 504 g/mol. The van der Waals surface area contributed by atoms with Gasteiger partial charge < -0.3 is 14.8 Å². The lowest BCUT2D eigenvalue weighted by Crippen LogP contribution is -2.30. The van der Waals surface area contributed by atoms with Crippen LogP contribution in [0.3, 0.4) is 0 Å². The molecule has 2 aromatic carbocycles. The third-order valence-electron chi connectivity index (χ3n) is 5.94. The monoisotopic (exact) mass is 503 g/mol. The number of sulfonamides is 1. The maximum atomic E-state index is 11.6. The van der Waals surface area contributed by atoms with Crippen molar-refractivity contribution in [1.29, 1.82) is 0 Å². The molecule has 0 radical (unpaired) electrons. The van der Waals surface area contributed by atoms with Gasteiger partial charge in [-0.25, -0.2) is 8.42 Å². The second-order valence-electron chi connectivity index (χ2n) is 8.56. The van der Waals surface area contributed by atoms with E-state index in [1.807, 2.05) is 42.6 Å². The second kappa shape index (κ2) is 9.16. The number of rotatable bonds is 6. The van der Waals surface area contributed by atoms with E-state index in [4.69, 9.17) is 12.2 Å². The minimum Gasteiger partial charge on any atom is -0.351 e. The molecule has 1 aliphatic rings. The summed E-state index contributed by atoms with van der Waals surface area (Å²) in [5.74, 6) is 0. The molecule has 2 aromatic heterocycles. The highest BCUT2D eigenvalue weighted by atomic mass is 32.2. The zero-order chi connectivity index (χ0) is 24.6. The molecule has 1 aliphatic heterocycles. The van der Waals surface area contributed by atoms with Crippen molar-refractivity contribution in [2.45, 2.75) is 19.0 Å². The van der Waals surface area contributed by atoms with Gasteiger partial charge in [-0.2, -0.15) is 0 Å². The van der Waals surface area contributed by atoms with E-state index >= 15 is 0 Å². The van der Waals surface area contributed by atoms with Gasteiger partial charge in [0.05, 0.1) is 18.0 Å². The lowest BCUT2D eigenvalue weighted by molar-refractivity contribution is 0.549. The smallest absolute Gasteiger partial charge is 0.229 e. The van der Waals surface area contributed by atoms with Gasteiger partial charge in [0, 0.05) is 35.1 Å². The highest BCUT2D eigenvalue weighted by Gasteiger charge is 2.42. The van der Waals surface area contributed by atoms with Gasteiger partial charge in [0.25, 0.3) is 0 Å². The van der Waals surface area contributed by atoms with Crippen molar-refractivity contribution >= 4 is 38.7 Å². The Labute approximate surface area is 210 Å². The highest BCUT2D eigenvalue weighted by molar-refractivity contribution is 7.92. The van der Waals surface area contributed by atoms with E-state index in [0.717, 1.165) is 29.0 Å². The average Bonchev–Trinajstić information content (AvgIpc) is 3.44. The Kier molecular flexibility index (Phi) is 6.04. The third-order valence-corrected chi connectivity index (χ3v) is 6.86. The molecule has 0 saturated carbocycles. The predicted octanol–water partition coefficient (Wildman–Crippen LogP) is 4.73. The van der Waals surface area contributed by atoms with E-state index < -0.39 is 10.0 Å². The van der Waals surface area contributed by atoms with Crippen molar-refractivity contribution in [1.82, 2.24) is 14.9 Å². The molecule has 178 valence electrons. The van der Waals surface area contributed by atoms with Gasteiger partial charge in [-0.05, 0) is 79.8 Å². The Morgan fingerprint density at radius 1 is 0.943 bits per heavy atom. The number of aryl methyl sites for hydroxylation is 1. The summed E-state index contributed by atoms with van der Waals surface area (Å²) in [5, 5.41) is 4.04. The third kappa shape index (κ3) is 4.78. The fraction of sp³-hybridized carbons (Fsp3) is 0.154. The van der Waals surface area contributed by atoms with Gasteiger partial charge in [0.1, 0.15) is 6.04 Å². The summed E-state index contributed by atoms with van der Waals surface area (Å²) in [6.45, 7) is 2.07. The molecule has 2 atom stereocenters. The number of nitrogens with one attached hydrogen (secondary N) is 2. The Balaban J connectivity index is 1.60. The number of anilines is 2. The molecule has 9 heteroatoms. The Bertz CT molecular complexity index is 1450. The van der Waals surface area contributed by atoms with Crippen molar-refractivity contribution in [2.75, 3.05) is 15.9 Å². The molecule has 7 nitrogen and oxygen atoms in total. The minimum absolute atomic E-state index is 0.184. The van der Waals surface area contributed by atoms with Gasteiger partial charge in [-0.3, -0.25) is 9.71 Å². The molecule has 0 unspecified atom stereocenters. The van der Waals surface area contributed by atoms with Gasteiger partial charge >= 0.3 is 0 Å². The summed E-state index contributed by atoms with van der Waals surface area (Å²) in [5.41, 5.74) is 5.53. The van der Waals surface area contributed by atoms with Crippen LogP contribution in [0.25, 0.3) is 5.69 Å². The van der Waals surface area contributed by atoms with Crippen LogP contribution in [-0.2, 0) is 10.0 Å². The number of pyridine rings is 1. The normalized spacial score (nSPS) is 17.9. The summed E-state index contributed by atoms with van der Waals surface area (Å²) in [7, 11) is -3.36. The molecule has 4 aromatic rings. The molecule has 0 bridgehead atoms. The van der Waals surface area contributed by atoms with Crippen LogP contribution in [0.5, 0.6) is 0 Å². The Morgan fingerprint density at radius 3 is 2.31 bits per heavy atom. The van der Waals surface area contributed by atoms with Crippen molar-refractivity contribution in [3.8, 4) is 5.69 Å². The van der Waals surface area contributed by atoms with Gasteiger partial charge in [-0.15, -0.1) is 0 Å². The lowest BCUT2D eigenvalue weighted by atomic mass is 10.0. The number of thiocarbonyl (C=S) groups is 1. The first-order valence-electron chi connectivity index (χ1n) is 11.1. The van der Waals surface area contributed by atoms with Crippen molar-refractivity contribution in [3.63, 3.8) is 0 Å². The maximum Gasteiger partial charge on any atom is 0.229 e. The van der Waals surface area contributed by atoms with E-state index in [1.54, 1.807) is 18.3 Å². The fourth-order valence-electron chi connectivity index (χ4n) is 4.41. The van der Waals surface area contributed by atoms with Crippen molar-refractivity contribution in [2.24, 2.45) is 0 Å². The zero-order valence-corrected chi connectivity index (χ0v) is 20.9. The molecule has 0 aliphatic carbocycles. The van der Waals surface area contributed by atoms with Crippen LogP contribution < -0.4 is 14.9 Å². The standard InChI is InChI=1S/C26H25N5O2S2/c1-18-8-12-20(13-9-18)30-17-5-7-23(30)25-24(22-6-3-4-16-27-22)28-26(34)31(25)21-14-10-19(11-15-21)29-35(2,32)33/h3-17,24-25,29H,1-2H3,(H,28,34)/t24-,25-/m1/s1. The summed E-state index contributed by atoms with van der Waals surface area (Å²) < 4.78 is 27.9. The van der Waals surface area contributed by atoms with Crippen molar-refractivity contribution in [3.05, 3.63) is 108 Å². The predicted molar refractivity (Wildman–Crippen MR) is 143 cm³/mol. The summed E-state index contributed by atoms with van der Waals surface area (Å²) in [6.07, 6.45) is 4.96. The Hall–Kier alpha value is -3.69. The summed E-state index contributed by atoms with van der Waals surface area (Å²) >= 11 is 5.81. The van der Waals surface area contributed by atoms with Crippen LogP contribution >= 0.6 is 12.2 Å². The van der Waals surface area contributed by atoms with Gasteiger partial charge in [-0.1, -0.05) is 23.8 Å². The van der Waals surface area contributed by atoms with Crippen molar-refractivity contribution < 1.29 is 8.42 Å². The molecule has 0 amide bonds. The number of hydrogen-bond acceptors (Lipinski definition) is 4. The SMILES string of the molecule is Cc1ccc(-n2cccc2[C@@H]2[C@@H](c3ccccn3)NC(=S)N2c2ccc(NS(C)(=O)=O)cc2)cc1. The topological polar surface area (TPSA) is 79.3 Å². The minimum atomic E-state index is -3.36. The molecule has 5 rings (SSSR count). The molecule has 1 fully saturated rings. The van der Waals surface area contributed by atoms with Crippen LogP contribution in [0, 0.1) is 6.92 Å². The number of benzene rings is 2. The highest BCUT2D eigenvalue weighted by Crippen LogP contribution is 2.42. The van der Waals surface area contributed by atoms with Gasteiger partial charge in [0.15, 0.2) is 5.11 Å². The molecule has 1 saturated heterocycles. The molecule has 2 N–H and O–H groups in total. The maximum absolute atomic E-state index is 11.6. The summed E-state index contributed by atoms with van der Waals surface area (Å²) in [4.78, 5) is 6.69. The van der Waals surface area contributed by atoms with Crippen LogP contribution in [0.4, 0.5) is 11.4 Å². The van der Waals surface area contributed by atoms with E-state index in [9.17, 15) is 8.42 Å². The van der Waals surface area contributed by atoms with Crippen LogP contribution in [0.1, 0.15) is 29.0 Å². The molecular formula is C26H25N5O2S2. The van der Waals surface area contributed by atoms with Gasteiger partial charge in [0.2, 0.25) is 10.0 Å². The molecule has 35 heavy (non-hydrogen) atoms. The summed E-state index contributed by atoms with van der Waals surface area (Å²) in [6, 6.07) is 25.2. The quantitative estimate of drug-likeness (QED) is 0.371. The van der Waals surface area contributed by atoms with E-state index in [-0.39, 0.29) is 12.1 Å². The van der Waals surface area contributed by atoms with E-state index in [0.29, 0.717) is 10.8 Å². The first-order valence-corrected chi connectivity index (χ1v) is 13.4. The fourth-order valence-corrected chi connectivity index (χ4v) is 5.32. The molecule has 3 heterocycles.